The van der Waals surface area contributed by atoms with Gasteiger partial charge in [0.1, 0.15) is 0 Å². The number of pyridine rings is 1. The van der Waals surface area contributed by atoms with E-state index in [1.165, 1.54) is 0 Å². The lowest BCUT2D eigenvalue weighted by molar-refractivity contribution is 0.0342. The molecule has 2 aromatic heterocycles. The zero-order chi connectivity index (χ0) is 20.4. The van der Waals surface area contributed by atoms with Gasteiger partial charge in [0, 0.05) is 49.4 Å². The fraction of sp³-hybridized carbons (Fsp3) is 0.409. The third-order valence-electron chi connectivity index (χ3n) is 5.49. The number of nitrogens with zero attached hydrogens (tertiary/aromatic N) is 4. The van der Waals surface area contributed by atoms with E-state index in [1.807, 2.05) is 55.9 Å². The number of fused-ring (bicyclic) bond motifs is 1. The largest absolute Gasteiger partial charge is 0.379 e. The van der Waals surface area contributed by atoms with Crippen LogP contribution in [0, 0.1) is 6.92 Å². The molecule has 0 bridgehead atoms. The minimum absolute atomic E-state index is 0.0381. The van der Waals surface area contributed by atoms with Crippen LogP contribution in [-0.4, -0.2) is 64.5 Å². The minimum atomic E-state index is -0.0767. The Kier molecular flexibility index (Phi) is 5.60. The van der Waals surface area contributed by atoms with Crippen molar-refractivity contribution < 1.29 is 9.53 Å². The van der Waals surface area contributed by atoms with Crippen molar-refractivity contribution in [1.29, 1.82) is 0 Å². The van der Waals surface area contributed by atoms with E-state index in [0.29, 0.717) is 5.56 Å². The number of para-hydroxylation sites is 1. The van der Waals surface area contributed by atoms with Crippen molar-refractivity contribution in [2.24, 2.45) is 7.05 Å². The summed E-state index contributed by atoms with van der Waals surface area (Å²) in [4.78, 5) is 20.3. The second-order valence-electron chi connectivity index (χ2n) is 7.63. The first-order chi connectivity index (χ1) is 14.0. The van der Waals surface area contributed by atoms with Gasteiger partial charge in [-0.2, -0.15) is 5.10 Å². The summed E-state index contributed by atoms with van der Waals surface area (Å²) >= 11 is 0. The molecule has 152 valence electrons. The van der Waals surface area contributed by atoms with E-state index < -0.39 is 0 Å². The van der Waals surface area contributed by atoms with Crippen LogP contribution in [0.15, 0.2) is 36.5 Å². The highest BCUT2D eigenvalue weighted by molar-refractivity contribution is 6.07. The molecule has 0 saturated carbocycles. The zero-order valence-corrected chi connectivity index (χ0v) is 17.2. The maximum absolute atomic E-state index is 13.2. The molecular formula is C22H27N5O2. The number of aryl methyl sites for hydroxylation is 1. The number of hydrogen-bond donors (Lipinski definition) is 1. The lowest BCUT2D eigenvalue weighted by Crippen LogP contribution is -2.46. The van der Waals surface area contributed by atoms with E-state index >= 15 is 0 Å². The van der Waals surface area contributed by atoms with Gasteiger partial charge in [-0.25, -0.2) is 4.98 Å². The molecule has 1 amide bonds. The van der Waals surface area contributed by atoms with Gasteiger partial charge in [-0.3, -0.25) is 14.4 Å². The first kappa shape index (κ1) is 19.5. The highest BCUT2D eigenvalue weighted by atomic mass is 16.5. The fourth-order valence-electron chi connectivity index (χ4n) is 3.77. The second-order valence-corrected chi connectivity index (χ2v) is 7.63. The number of nitrogens with one attached hydrogen (secondary N) is 1. The van der Waals surface area contributed by atoms with Crippen molar-refractivity contribution in [3.63, 3.8) is 0 Å². The molecule has 1 fully saturated rings. The molecule has 7 heteroatoms. The molecule has 0 spiro atoms. The van der Waals surface area contributed by atoms with E-state index in [1.54, 1.807) is 6.20 Å². The summed E-state index contributed by atoms with van der Waals surface area (Å²) in [6.45, 7) is 8.18. The second kappa shape index (κ2) is 8.31. The van der Waals surface area contributed by atoms with Crippen molar-refractivity contribution in [2.45, 2.75) is 19.9 Å². The highest BCUT2D eigenvalue weighted by Gasteiger charge is 2.19. The standard InChI is InChI=1S/C22H27N5O2/c1-15(14-27-8-10-29-11-9-27)24-22(28)18-12-21(19-13-23-26(3)16(19)2)25-20-7-5-4-6-17(18)20/h4-7,12-13,15H,8-11,14H2,1-3H3,(H,24,28)/t15-/m1/s1. The summed E-state index contributed by atoms with van der Waals surface area (Å²) in [5, 5.41) is 8.34. The van der Waals surface area contributed by atoms with Gasteiger partial charge in [-0.15, -0.1) is 0 Å². The Hall–Kier alpha value is -2.77. The molecule has 1 aliphatic heterocycles. The molecule has 4 rings (SSSR count). The summed E-state index contributed by atoms with van der Waals surface area (Å²) in [6, 6.07) is 9.69. The van der Waals surface area contributed by atoms with Gasteiger partial charge in [-0.05, 0) is 26.0 Å². The smallest absolute Gasteiger partial charge is 0.252 e. The highest BCUT2D eigenvalue weighted by Crippen LogP contribution is 2.26. The zero-order valence-electron chi connectivity index (χ0n) is 17.2. The average Bonchev–Trinajstić information content (AvgIpc) is 3.06. The van der Waals surface area contributed by atoms with E-state index in [2.05, 4.69) is 15.3 Å². The predicted octanol–water partition coefficient (Wildman–Crippen LogP) is 2.39. The Balaban J connectivity index is 1.63. The summed E-state index contributed by atoms with van der Waals surface area (Å²) in [5.41, 5.74) is 4.16. The topological polar surface area (TPSA) is 72.3 Å². The summed E-state index contributed by atoms with van der Waals surface area (Å²) < 4.78 is 7.22. The number of ether oxygens (including phenoxy) is 1. The Morgan fingerprint density at radius 3 is 2.76 bits per heavy atom. The van der Waals surface area contributed by atoms with E-state index in [4.69, 9.17) is 9.72 Å². The third kappa shape index (κ3) is 4.16. The van der Waals surface area contributed by atoms with Crippen LogP contribution >= 0.6 is 0 Å². The Morgan fingerprint density at radius 1 is 1.28 bits per heavy atom. The maximum Gasteiger partial charge on any atom is 0.252 e. The van der Waals surface area contributed by atoms with Gasteiger partial charge < -0.3 is 10.1 Å². The first-order valence-electron chi connectivity index (χ1n) is 10.0. The number of amides is 1. The molecule has 3 heterocycles. The molecule has 1 saturated heterocycles. The van der Waals surface area contributed by atoms with Crippen molar-refractivity contribution in [3.05, 3.63) is 47.8 Å². The van der Waals surface area contributed by atoms with Crippen molar-refractivity contribution in [2.75, 3.05) is 32.8 Å². The van der Waals surface area contributed by atoms with Crippen molar-refractivity contribution in [3.8, 4) is 11.3 Å². The van der Waals surface area contributed by atoms with Crippen LogP contribution in [0.3, 0.4) is 0 Å². The van der Waals surface area contributed by atoms with Gasteiger partial charge in [0.15, 0.2) is 0 Å². The minimum Gasteiger partial charge on any atom is -0.379 e. The van der Waals surface area contributed by atoms with Crippen LogP contribution < -0.4 is 5.32 Å². The van der Waals surface area contributed by atoms with Crippen LogP contribution in [0.2, 0.25) is 0 Å². The molecule has 7 nitrogen and oxygen atoms in total. The predicted molar refractivity (Wildman–Crippen MR) is 113 cm³/mol. The number of carbonyl (C=O) groups excluding carboxylic acids is 1. The Morgan fingerprint density at radius 2 is 2.03 bits per heavy atom. The van der Waals surface area contributed by atoms with E-state index in [9.17, 15) is 4.79 Å². The van der Waals surface area contributed by atoms with Crippen LogP contribution in [0.4, 0.5) is 0 Å². The number of morpholine rings is 1. The third-order valence-corrected chi connectivity index (χ3v) is 5.49. The number of aromatic nitrogens is 3. The fourth-order valence-corrected chi connectivity index (χ4v) is 3.77. The number of rotatable bonds is 5. The molecular weight excluding hydrogens is 366 g/mol. The molecule has 1 atom stereocenters. The summed E-state index contributed by atoms with van der Waals surface area (Å²) in [7, 11) is 1.90. The van der Waals surface area contributed by atoms with Crippen LogP contribution in [0.1, 0.15) is 23.0 Å². The van der Waals surface area contributed by atoms with Gasteiger partial charge in [-0.1, -0.05) is 18.2 Å². The lowest BCUT2D eigenvalue weighted by Gasteiger charge is -2.29. The van der Waals surface area contributed by atoms with E-state index in [0.717, 1.165) is 60.7 Å². The SMILES string of the molecule is Cc1c(-c2cc(C(=O)N[C@H](C)CN3CCOCC3)c3ccccc3n2)cnn1C. The van der Waals surface area contributed by atoms with Crippen LogP contribution in [-0.2, 0) is 11.8 Å². The van der Waals surface area contributed by atoms with Gasteiger partial charge >= 0.3 is 0 Å². The molecule has 3 aromatic rings. The van der Waals surface area contributed by atoms with Gasteiger partial charge in [0.25, 0.3) is 5.91 Å². The Bertz CT molecular complexity index is 1020. The molecule has 1 aliphatic rings. The normalized spacial score (nSPS) is 16.1. The number of benzene rings is 1. The molecule has 1 N–H and O–H groups in total. The van der Waals surface area contributed by atoms with Crippen LogP contribution in [0.5, 0.6) is 0 Å². The molecule has 0 aliphatic carbocycles. The Labute approximate surface area is 170 Å². The monoisotopic (exact) mass is 393 g/mol. The molecule has 29 heavy (non-hydrogen) atoms. The number of carbonyl (C=O) groups is 1. The quantitative estimate of drug-likeness (QED) is 0.721. The van der Waals surface area contributed by atoms with Crippen molar-refractivity contribution in [1.82, 2.24) is 25.0 Å². The average molecular weight is 393 g/mol. The van der Waals surface area contributed by atoms with Crippen LogP contribution in [0.25, 0.3) is 22.2 Å². The summed E-state index contributed by atoms with van der Waals surface area (Å²) in [6.07, 6.45) is 1.80. The van der Waals surface area contributed by atoms with Gasteiger partial charge in [0.05, 0.1) is 36.2 Å². The molecule has 0 unspecified atom stereocenters. The van der Waals surface area contributed by atoms with E-state index in [-0.39, 0.29) is 11.9 Å². The maximum atomic E-state index is 13.2. The van der Waals surface area contributed by atoms with Gasteiger partial charge in [0.2, 0.25) is 0 Å². The lowest BCUT2D eigenvalue weighted by atomic mass is 10.0. The molecule has 1 aromatic carbocycles. The van der Waals surface area contributed by atoms with Crippen molar-refractivity contribution >= 4 is 16.8 Å². The number of hydrogen-bond acceptors (Lipinski definition) is 5. The first-order valence-corrected chi connectivity index (χ1v) is 10.0. The summed E-state index contributed by atoms with van der Waals surface area (Å²) in [5.74, 6) is -0.0767. The molecule has 0 radical (unpaired) electrons.